The van der Waals surface area contributed by atoms with Crippen molar-refractivity contribution in [2.24, 2.45) is 34.5 Å². The molecule has 2 saturated heterocycles. The van der Waals surface area contributed by atoms with Gasteiger partial charge >= 0.3 is 0 Å². The summed E-state index contributed by atoms with van der Waals surface area (Å²) in [5.41, 5.74) is 0.668. The van der Waals surface area contributed by atoms with Gasteiger partial charge in [0, 0.05) is 43.1 Å². The van der Waals surface area contributed by atoms with E-state index in [-0.39, 0.29) is 64.7 Å². The monoisotopic (exact) mass is 488 g/mol. The number of carbonyl (C=O) groups excluding carboxylic acids is 2. The Bertz CT molecular complexity index is 946. The Morgan fingerprint density at radius 2 is 1.86 bits per heavy atom. The maximum absolute atomic E-state index is 14.1. The average molecular weight is 489 g/mol. The predicted molar refractivity (Wildman–Crippen MR) is 126 cm³/mol. The molecule has 7 nitrogen and oxygen atoms in total. The minimum absolute atomic E-state index is 0.0000260. The molecule has 0 radical (unpaired) electrons. The van der Waals surface area contributed by atoms with Crippen molar-refractivity contribution in [3.05, 3.63) is 11.6 Å². The van der Waals surface area contributed by atoms with Crippen LogP contribution in [-0.4, -0.2) is 66.7 Å². The number of Topliss-reactive ketones (excluding diaryl/α,β-unsaturated/α-hetero) is 2. The first-order chi connectivity index (χ1) is 16.6. The smallest absolute Gasteiger partial charge is 0.166 e. The van der Waals surface area contributed by atoms with Gasteiger partial charge < -0.3 is 24.1 Å². The Morgan fingerprint density at radius 1 is 1.09 bits per heavy atom. The van der Waals surface area contributed by atoms with E-state index in [4.69, 9.17) is 18.9 Å². The number of ether oxygens (including phenoxy) is 4. The largest absolute Gasteiger partial charge is 0.388 e. The summed E-state index contributed by atoms with van der Waals surface area (Å²) in [4.78, 5) is 27.4. The summed E-state index contributed by atoms with van der Waals surface area (Å²) in [6.45, 7) is 8.27. The third kappa shape index (κ3) is 3.27. The van der Waals surface area contributed by atoms with Crippen molar-refractivity contribution >= 4 is 11.6 Å². The predicted octanol–water partition coefficient (Wildman–Crippen LogP) is 3.22. The van der Waals surface area contributed by atoms with Crippen molar-refractivity contribution in [1.29, 1.82) is 0 Å². The van der Waals surface area contributed by atoms with Crippen LogP contribution in [0.2, 0.25) is 0 Å². The SMILES string of the molecule is CO[C@@H]1C[C@H](O[C@H]2CC[C@@]3(C)C(=CC[C@H]4[C@@H]5C(=O)C[C@H]6[C@H](C)O[C@@H](C(=O)[C@@H]43)[C@]65C)C2)O[C@H](C)[C@@H]1O. The van der Waals surface area contributed by atoms with Crippen LogP contribution in [-0.2, 0) is 28.5 Å². The van der Waals surface area contributed by atoms with E-state index in [2.05, 4.69) is 19.9 Å². The van der Waals surface area contributed by atoms with Crippen LogP contribution >= 0.6 is 0 Å². The lowest BCUT2D eigenvalue weighted by atomic mass is 9.46. The van der Waals surface area contributed by atoms with Crippen LogP contribution in [0.25, 0.3) is 0 Å². The Balaban J connectivity index is 1.23. The molecule has 7 heteroatoms. The Labute approximate surface area is 207 Å². The first-order valence-electron chi connectivity index (χ1n) is 13.5. The highest BCUT2D eigenvalue weighted by Crippen LogP contribution is 2.67. The molecule has 6 rings (SSSR count). The summed E-state index contributed by atoms with van der Waals surface area (Å²) in [6.07, 6.45) is 4.37. The fraction of sp³-hybridized carbons (Fsp3) is 0.857. The van der Waals surface area contributed by atoms with Gasteiger partial charge in [-0.05, 0) is 50.9 Å². The number of allylic oxidation sites excluding steroid dienone is 1. The maximum atomic E-state index is 14.1. The summed E-state index contributed by atoms with van der Waals surface area (Å²) >= 11 is 0. The molecule has 0 aromatic heterocycles. The average Bonchev–Trinajstić information content (AvgIpc) is 3.23. The lowest BCUT2D eigenvalue weighted by Gasteiger charge is -2.57. The van der Waals surface area contributed by atoms with Crippen molar-refractivity contribution in [3.63, 3.8) is 0 Å². The van der Waals surface area contributed by atoms with Gasteiger partial charge in [-0.2, -0.15) is 0 Å². The van der Waals surface area contributed by atoms with E-state index < -0.39 is 18.5 Å². The first-order valence-corrected chi connectivity index (χ1v) is 13.5. The summed E-state index contributed by atoms with van der Waals surface area (Å²) < 4.78 is 24.1. The third-order valence-corrected chi connectivity index (χ3v) is 10.9. The van der Waals surface area contributed by atoms with Gasteiger partial charge in [-0.15, -0.1) is 0 Å². The molecule has 35 heavy (non-hydrogen) atoms. The molecule has 0 amide bonds. The highest BCUT2D eigenvalue weighted by Gasteiger charge is 2.72. The molecule has 3 saturated carbocycles. The third-order valence-electron chi connectivity index (χ3n) is 10.9. The van der Waals surface area contributed by atoms with Gasteiger partial charge in [0.1, 0.15) is 18.0 Å². The molecule has 13 atom stereocenters. The maximum Gasteiger partial charge on any atom is 0.166 e. The van der Waals surface area contributed by atoms with E-state index in [9.17, 15) is 14.7 Å². The van der Waals surface area contributed by atoms with E-state index in [0.29, 0.717) is 18.6 Å². The van der Waals surface area contributed by atoms with Crippen molar-refractivity contribution in [2.45, 2.75) is 109 Å². The van der Waals surface area contributed by atoms with Crippen molar-refractivity contribution < 1.29 is 33.6 Å². The topological polar surface area (TPSA) is 91.3 Å². The molecule has 0 aromatic rings. The van der Waals surface area contributed by atoms with Crippen LogP contribution in [0.15, 0.2) is 11.6 Å². The van der Waals surface area contributed by atoms with Gasteiger partial charge in [-0.1, -0.05) is 25.5 Å². The highest BCUT2D eigenvalue weighted by molar-refractivity contribution is 5.96. The second kappa shape index (κ2) is 8.19. The van der Waals surface area contributed by atoms with Gasteiger partial charge in [0.15, 0.2) is 12.1 Å². The molecule has 0 aromatic carbocycles. The Kier molecular flexibility index (Phi) is 5.67. The zero-order valence-electron chi connectivity index (χ0n) is 21.6. The normalized spacial score (nSPS) is 55.3. The Morgan fingerprint density at radius 3 is 2.60 bits per heavy atom. The fourth-order valence-electron chi connectivity index (χ4n) is 9.14. The van der Waals surface area contributed by atoms with Crippen LogP contribution in [0.5, 0.6) is 0 Å². The highest BCUT2D eigenvalue weighted by atomic mass is 16.7. The van der Waals surface area contributed by atoms with E-state index in [0.717, 1.165) is 25.7 Å². The first kappa shape index (κ1) is 24.2. The molecule has 4 aliphatic carbocycles. The number of hydrogen-bond donors (Lipinski definition) is 1. The molecule has 0 spiro atoms. The minimum atomic E-state index is -0.658. The van der Waals surface area contributed by atoms with Gasteiger partial charge in [0.25, 0.3) is 0 Å². The zero-order chi connectivity index (χ0) is 24.9. The number of aliphatic hydroxyl groups is 1. The van der Waals surface area contributed by atoms with E-state index in [1.165, 1.54) is 5.57 Å². The quantitative estimate of drug-likeness (QED) is 0.610. The molecule has 0 unspecified atom stereocenters. The van der Waals surface area contributed by atoms with Crippen molar-refractivity contribution in [3.8, 4) is 0 Å². The van der Waals surface area contributed by atoms with Crippen molar-refractivity contribution in [1.82, 2.24) is 0 Å². The number of aliphatic hydroxyl groups excluding tert-OH is 1. The molecular weight excluding hydrogens is 448 g/mol. The fourth-order valence-corrected chi connectivity index (χ4v) is 9.14. The number of fused-ring (bicyclic) bond motifs is 4. The van der Waals surface area contributed by atoms with Crippen LogP contribution in [0.3, 0.4) is 0 Å². The minimum Gasteiger partial charge on any atom is -0.388 e. The number of rotatable bonds is 3. The molecule has 5 fully saturated rings. The lowest BCUT2D eigenvalue weighted by molar-refractivity contribution is -0.265. The van der Waals surface area contributed by atoms with Gasteiger partial charge in [-0.3, -0.25) is 9.59 Å². The number of ketones is 2. The lowest BCUT2D eigenvalue weighted by Crippen LogP contribution is -2.61. The van der Waals surface area contributed by atoms with Crippen LogP contribution in [0.4, 0.5) is 0 Å². The molecule has 1 N–H and O–H groups in total. The van der Waals surface area contributed by atoms with Crippen LogP contribution < -0.4 is 0 Å². The van der Waals surface area contributed by atoms with Gasteiger partial charge in [-0.25, -0.2) is 0 Å². The second-order valence-electron chi connectivity index (χ2n) is 12.5. The number of hydrogen-bond acceptors (Lipinski definition) is 7. The second-order valence-corrected chi connectivity index (χ2v) is 12.5. The van der Waals surface area contributed by atoms with Crippen LogP contribution in [0, 0.1) is 34.5 Å². The van der Waals surface area contributed by atoms with Crippen molar-refractivity contribution in [2.75, 3.05) is 7.11 Å². The number of methoxy groups -OCH3 is 1. The molecule has 6 aliphatic rings. The van der Waals surface area contributed by atoms with Crippen LogP contribution in [0.1, 0.15) is 66.2 Å². The molecule has 2 aliphatic heterocycles. The van der Waals surface area contributed by atoms with Gasteiger partial charge in [0.05, 0.1) is 24.4 Å². The van der Waals surface area contributed by atoms with E-state index in [1.54, 1.807) is 7.11 Å². The Hall–Kier alpha value is -1.12. The standard InChI is InChI=1S/C28H40O7/c1-13-18-11-19(29)22-17-7-6-15-10-16(35-21-12-20(32-5)24(30)14(2)33-21)8-9-27(15,3)23(17)25(31)26(34-13)28(18,22)4/h6,13-14,16-18,20-24,26,30H,7-12H2,1-5H3/t13-,14+,16-,17-,18-,20+,21-,22+,23+,24-,26-,27-,28+/m0/s1. The zero-order valence-corrected chi connectivity index (χ0v) is 21.6. The summed E-state index contributed by atoms with van der Waals surface area (Å²) in [5, 5.41) is 10.3. The summed E-state index contributed by atoms with van der Waals surface area (Å²) in [7, 11) is 1.61. The molecular formula is C28H40O7. The molecule has 0 bridgehead atoms. The summed E-state index contributed by atoms with van der Waals surface area (Å²) in [6, 6.07) is 0. The van der Waals surface area contributed by atoms with E-state index >= 15 is 0 Å². The summed E-state index contributed by atoms with van der Waals surface area (Å²) in [5.74, 6) is 0.557. The number of carbonyl (C=O) groups is 2. The molecule has 194 valence electrons. The van der Waals surface area contributed by atoms with Gasteiger partial charge in [0.2, 0.25) is 0 Å². The molecule has 2 heterocycles. The van der Waals surface area contributed by atoms with E-state index in [1.807, 2.05) is 13.8 Å².